The maximum absolute atomic E-state index is 8.53. The van der Waals surface area contributed by atoms with Crippen molar-refractivity contribution in [2.24, 2.45) is 0 Å². The van der Waals surface area contributed by atoms with Gasteiger partial charge in [-0.05, 0) is 24.6 Å². The van der Waals surface area contributed by atoms with Gasteiger partial charge in [0.2, 0.25) is 0 Å². The molecule has 0 aliphatic carbocycles. The zero-order chi connectivity index (χ0) is 9.68. The van der Waals surface area contributed by atoms with Gasteiger partial charge in [-0.1, -0.05) is 17.7 Å². The molecule has 13 heavy (non-hydrogen) atoms. The molecule has 4 heteroatoms. The third-order valence-electron chi connectivity index (χ3n) is 1.48. The van der Waals surface area contributed by atoms with Gasteiger partial charge in [0.05, 0.1) is 11.4 Å². The van der Waals surface area contributed by atoms with Crippen molar-refractivity contribution < 1.29 is 5.11 Å². The van der Waals surface area contributed by atoms with Crippen LogP contribution in [0.2, 0.25) is 5.15 Å². The van der Waals surface area contributed by atoms with E-state index >= 15 is 0 Å². The predicted molar refractivity (Wildman–Crippen MR) is 54.4 cm³/mol. The fourth-order valence-electron chi connectivity index (χ4n) is 0.831. The lowest BCUT2D eigenvalue weighted by atomic mass is 10.3. The van der Waals surface area contributed by atoms with Crippen LogP contribution in [0.3, 0.4) is 0 Å². The summed E-state index contributed by atoms with van der Waals surface area (Å²) in [5.41, 5.74) is 6.70. The average molecular weight is 199 g/mol. The molecule has 0 aliphatic rings. The molecule has 0 radical (unpaired) electrons. The standard InChI is InChI=1S/C9H11ClN2O/c10-9-8(11)5-4-7(12-9)3-1-2-6-13/h1,3-5,13H,2,6,11H2. The predicted octanol–water partition coefficient (Wildman–Crippen LogP) is 1.71. The van der Waals surface area contributed by atoms with Crippen LogP contribution in [0.25, 0.3) is 6.08 Å². The number of aromatic nitrogens is 1. The monoisotopic (exact) mass is 198 g/mol. The van der Waals surface area contributed by atoms with Crippen LogP contribution >= 0.6 is 11.6 Å². The Balaban J connectivity index is 2.73. The maximum Gasteiger partial charge on any atom is 0.152 e. The lowest BCUT2D eigenvalue weighted by molar-refractivity contribution is 0.303. The van der Waals surface area contributed by atoms with Crippen molar-refractivity contribution >= 4 is 23.4 Å². The van der Waals surface area contributed by atoms with E-state index in [2.05, 4.69) is 4.98 Å². The van der Waals surface area contributed by atoms with Gasteiger partial charge < -0.3 is 10.8 Å². The van der Waals surface area contributed by atoms with E-state index in [1.165, 1.54) is 0 Å². The molecule has 0 saturated carbocycles. The minimum atomic E-state index is 0.138. The first kappa shape index (κ1) is 10.0. The van der Waals surface area contributed by atoms with E-state index < -0.39 is 0 Å². The molecule has 1 rings (SSSR count). The highest BCUT2D eigenvalue weighted by Gasteiger charge is 1.96. The summed E-state index contributed by atoms with van der Waals surface area (Å²) in [5.74, 6) is 0. The van der Waals surface area contributed by atoms with Gasteiger partial charge in [0.1, 0.15) is 0 Å². The molecular formula is C9H11ClN2O. The molecule has 3 N–H and O–H groups in total. The molecular weight excluding hydrogens is 188 g/mol. The minimum absolute atomic E-state index is 0.138. The quantitative estimate of drug-likeness (QED) is 0.727. The number of rotatable bonds is 3. The first-order valence-electron chi connectivity index (χ1n) is 3.93. The van der Waals surface area contributed by atoms with E-state index in [9.17, 15) is 0 Å². The molecule has 70 valence electrons. The summed E-state index contributed by atoms with van der Waals surface area (Å²) in [7, 11) is 0. The van der Waals surface area contributed by atoms with E-state index in [1.54, 1.807) is 18.2 Å². The van der Waals surface area contributed by atoms with Crippen molar-refractivity contribution in [3.05, 3.63) is 29.1 Å². The van der Waals surface area contributed by atoms with E-state index in [4.69, 9.17) is 22.4 Å². The summed E-state index contributed by atoms with van der Waals surface area (Å²) in [6.07, 6.45) is 4.24. The number of nitrogen functional groups attached to an aromatic ring is 1. The fourth-order valence-corrected chi connectivity index (χ4v) is 0.991. The number of hydrogen-bond acceptors (Lipinski definition) is 3. The SMILES string of the molecule is Nc1ccc(C=CCCO)nc1Cl. The van der Waals surface area contributed by atoms with Crippen LogP contribution in [0.5, 0.6) is 0 Å². The summed E-state index contributed by atoms with van der Waals surface area (Å²) >= 11 is 5.71. The van der Waals surface area contributed by atoms with Gasteiger partial charge in [0.15, 0.2) is 5.15 Å². The number of aliphatic hydroxyl groups is 1. The molecule has 1 aromatic heterocycles. The van der Waals surface area contributed by atoms with Crippen LogP contribution < -0.4 is 5.73 Å². The molecule has 0 aromatic carbocycles. The number of hydrogen-bond donors (Lipinski definition) is 2. The van der Waals surface area contributed by atoms with Crippen LogP contribution in [-0.4, -0.2) is 16.7 Å². The van der Waals surface area contributed by atoms with Gasteiger partial charge in [-0.15, -0.1) is 0 Å². The van der Waals surface area contributed by atoms with Gasteiger partial charge in [0.25, 0.3) is 0 Å². The van der Waals surface area contributed by atoms with Gasteiger partial charge in [-0.2, -0.15) is 0 Å². The lowest BCUT2D eigenvalue weighted by Crippen LogP contribution is -1.90. The molecule has 1 heterocycles. The Morgan fingerprint density at radius 3 is 2.92 bits per heavy atom. The summed E-state index contributed by atoms with van der Waals surface area (Å²) in [6.45, 7) is 0.138. The van der Waals surface area contributed by atoms with Crippen LogP contribution in [0.1, 0.15) is 12.1 Å². The highest BCUT2D eigenvalue weighted by atomic mass is 35.5. The third-order valence-corrected chi connectivity index (χ3v) is 1.79. The Morgan fingerprint density at radius 1 is 1.54 bits per heavy atom. The van der Waals surface area contributed by atoms with Crippen LogP contribution in [0, 0.1) is 0 Å². The van der Waals surface area contributed by atoms with Crippen molar-refractivity contribution in [3.63, 3.8) is 0 Å². The van der Waals surface area contributed by atoms with Gasteiger partial charge in [-0.3, -0.25) is 0 Å². The summed E-state index contributed by atoms with van der Waals surface area (Å²) in [5, 5.41) is 8.84. The van der Waals surface area contributed by atoms with Crippen molar-refractivity contribution in [1.29, 1.82) is 0 Å². The largest absolute Gasteiger partial charge is 0.396 e. The minimum Gasteiger partial charge on any atom is -0.396 e. The van der Waals surface area contributed by atoms with Crippen LogP contribution in [-0.2, 0) is 0 Å². The highest BCUT2D eigenvalue weighted by Crippen LogP contribution is 2.15. The molecule has 0 amide bonds. The Labute approximate surface area is 81.9 Å². The maximum atomic E-state index is 8.53. The smallest absolute Gasteiger partial charge is 0.152 e. The number of pyridine rings is 1. The zero-order valence-electron chi connectivity index (χ0n) is 7.07. The Morgan fingerprint density at radius 2 is 2.31 bits per heavy atom. The molecule has 0 atom stereocenters. The number of halogens is 1. The average Bonchev–Trinajstić information content (AvgIpc) is 2.12. The summed E-state index contributed by atoms with van der Waals surface area (Å²) < 4.78 is 0. The first-order valence-corrected chi connectivity index (χ1v) is 4.31. The number of nitrogens with two attached hydrogens (primary N) is 1. The topological polar surface area (TPSA) is 59.1 Å². The lowest BCUT2D eigenvalue weighted by Gasteiger charge is -1.97. The van der Waals surface area contributed by atoms with Crippen molar-refractivity contribution in [2.45, 2.75) is 6.42 Å². The van der Waals surface area contributed by atoms with Gasteiger partial charge >= 0.3 is 0 Å². The molecule has 1 aromatic rings. The molecule has 0 spiro atoms. The number of aliphatic hydroxyl groups excluding tert-OH is 1. The number of nitrogens with zero attached hydrogens (tertiary/aromatic N) is 1. The van der Waals surface area contributed by atoms with E-state index in [1.807, 2.05) is 6.08 Å². The second-order valence-electron chi connectivity index (χ2n) is 2.53. The molecule has 3 nitrogen and oxygen atoms in total. The van der Waals surface area contributed by atoms with Gasteiger partial charge in [0, 0.05) is 6.61 Å². The molecule has 0 bridgehead atoms. The Bertz CT molecular complexity index is 312. The number of anilines is 1. The van der Waals surface area contributed by atoms with Crippen molar-refractivity contribution in [2.75, 3.05) is 12.3 Å². The van der Waals surface area contributed by atoms with Gasteiger partial charge in [-0.25, -0.2) is 4.98 Å². The zero-order valence-corrected chi connectivity index (χ0v) is 7.83. The van der Waals surface area contributed by atoms with E-state index in [0.29, 0.717) is 17.3 Å². The molecule has 0 fully saturated rings. The molecule has 0 unspecified atom stereocenters. The summed E-state index contributed by atoms with van der Waals surface area (Å²) in [6, 6.07) is 3.48. The van der Waals surface area contributed by atoms with Crippen LogP contribution in [0.15, 0.2) is 18.2 Å². The van der Waals surface area contributed by atoms with Crippen molar-refractivity contribution in [3.8, 4) is 0 Å². The Kier molecular flexibility index (Phi) is 3.73. The van der Waals surface area contributed by atoms with Crippen molar-refractivity contribution in [1.82, 2.24) is 4.98 Å². The van der Waals surface area contributed by atoms with Crippen LogP contribution in [0.4, 0.5) is 5.69 Å². The fraction of sp³-hybridized carbons (Fsp3) is 0.222. The Hall–Kier alpha value is -1.06. The first-order chi connectivity index (χ1) is 6.24. The molecule has 0 aliphatic heterocycles. The van der Waals surface area contributed by atoms with E-state index in [-0.39, 0.29) is 6.61 Å². The normalized spacial score (nSPS) is 10.9. The van der Waals surface area contributed by atoms with E-state index in [0.717, 1.165) is 5.69 Å². The summed E-state index contributed by atoms with van der Waals surface area (Å²) in [4.78, 5) is 4.02. The molecule has 0 saturated heterocycles. The third kappa shape index (κ3) is 3.05. The second kappa shape index (κ2) is 4.84. The highest BCUT2D eigenvalue weighted by molar-refractivity contribution is 6.31. The second-order valence-corrected chi connectivity index (χ2v) is 2.89.